The molecular weight excluding hydrogens is 428 g/mol. The van der Waals surface area contributed by atoms with E-state index in [1.165, 1.54) is 0 Å². The highest BCUT2D eigenvalue weighted by molar-refractivity contribution is 14.0. The third kappa shape index (κ3) is 6.06. The summed E-state index contributed by atoms with van der Waals surface area (Å²) < 4.78 is 0.973. The Bertz CT molecular complexity index is 424. The van der Waals surface area contributed by atoms with Crippen molar-refractivity contribution in [2.75, 3.05) is 13.6 Å². The molecule has 0 saturated carbocycles. The van der Waals surface area contributed by atoms with Gasteiger partial charge in [-0.25, -0.2) is 0 Å². The van der Waals surface area contributed by atoms with Crippen molar-refractivity contribution in [2.24, 2.45) is 4.99 Å². The van der Waals surface area contributed by atoms with Crippen LogP contribution < -0.4 is 10.6 Å². The van der Waals surface area contributed by atoms with Gasteiger partial charge in [0.25, 0.3) is 0 Å². The van der Waals surface area contributed by atoms with Gasteiger partial charge in [0.05, 0.1) is 0 Å². The van der Waals surface area contributed by atoms with E-state index in [2.05, 4.69) is 38.1 Å². The number of guanidine groups is 1. The summed E-state index contributed by atoms with van der Waals surface area (Å²) in [4.78, 5) is 4.08. The number of nitrogens with zero attached hydrogens (tertiary/aromatic N) is 1. The number of hydrogen-bond donors (Lipinski definition) is 2. The molecule has 100 valence electrons. The first-order valence-electron chi connectivity index (χ1n) is 5.16. The lowest BCUT2D eigenvalue weighted by atomic mass is 10.2. The molecule has 0 heterocycles. The molecule has 18 heavy (non-hydrogen) atoms. The van der Waals surface area contributed by atoms with E-state index in [0.717, 1.165) is 21.0 Å². The fourth-order valence-corrected chi connectivity index (χ4v) is 1.97. The summed E-state index contributed by atoms with van der Waals surface area (Å²) in [6, 6.07) is 5.81. The first-order valence-corrected chi connectivity index (χ1v) is 6.33. The second kappa shape index (κ2) is 9.63. The third-order valence-corrected chi connectivity index (χ3v) is 2.94. The SMILES string of the molecule is C=CCNC(=NC)NCc1ccc(Br)cc1Cl.I. The van der Waals surface area contributed by atoms with Gasteiger partial charge in [0, 0.05) is 29.6 Å². The average Bonchev–Trinajstić information content (AvgIpc) is 2.31. The van der Waals surface area contributed by atoms with Crippen LogP contribution in [0.4, 0.5) is 0 Å². The molecule has 0 aliphatic rings. The van der Waals surface area contributed by atoms with Gasteiger partial charge in [-0.2, -0.15) is 0 Å². The summed E-state index contributed by atoms with van der Waals surface area (Å²) in [5.74, 6) is 0.726. The third-order valence-electron chi connectivity index (χ3n) is 2.10. The van der Waals surface area contributed by atoms with Crippen LogP contribution in [-0.4, -0.2) is 19.6 Å². The van der Waals surface area contributed by atoms with Gasteiger partial charge < -0.3 is 10.6 Å². The fraction of sp³-hybridized carbons (Fsp3) is 0.250. The van der Waals surface area contributed by atoms with E-state index >= 15 is 0 Å². The van der Waals surface area contributed by atoms with E-state index in [-0.39, 0.29) is 24.0 Å². The average molecular weight is 445 g/mol. The molecule has 3 nitrogen and oxygen atoms in total. The number of aliphatic imine (C=N–C) groups is 1. The van der Waals surface area contributed by atoms with Crippen LogP contribution in [0.25, 0.3) is 0 Å². The lowest BCUT2D eigenvalue weighted by Crippen LogP contribution is -2.36. The van der Waals surface area contributed by atoms with Crippen LogP contribution in [0, 0.1) is 0 Å². The van der Waals surface area contributed by atoms with Crippen LogP contribution in [0.15, 0.2) is 40.3 Å². The molecule has 0 aliphatic carbocycles. The Labute approximate surface area is 138 Å². The summed E-state index contributed by atoms with van der Waals surface area (Å²) in [5.41, 5.74) is 1.02. The molecule has 6 heteroatoms. The number of halogens is 3. The monoisotopic (exact) mass is 443 g/mol. The van der Waals surface area contributed by atoms with Gasteiger partial charge in [0.1, 0.15) is 0 Å². The lowest BCUT2D eigenvalue weighted by Gasteiger charge is -2.11. The van der Waals surface area contributed by atoms with E-state index < -0.39 is 0 Å². The van der Waals surface area contributed by atoms with Gasteiger partial charge in [-0.15, -0.1) is 30.6 Å². The van der Waals surface area contributed by atoms with Crippen molar-refractivity contribution in [1.82, 2.24) is 10.6 Å². The highest BCUT2D eigenvalue weighted by Crippen LogP contribution is 2.20. The molecule has 0 radical (unpaired) electrons. The molecule has 0 atom stereocenters. The second-order valence-electron chi connectivity index (χ2n) is 3.33. The minimum atomic E-state index is 0. The van der Waals surface area contributed by atoms with Gasteiger partial charge in [-0.3, -0.25) is 4.99 Å². The minimum Gasteiger partial charge on any atom is -0.353 e. The number of nitrogens with one attached hydrogen (secondary N) is 2. The Morgan fingerprint density at radius 2 is 2.22 bits per heavy atom. The predicted octanol–water partition coefficient (Wildman–Crippen LogP) is 3.57. The number of rotatable bonds is 4. The molecular formula is C12H16BrClIN3. The first-order chi connectivity index (χ1) is 8.17. The van der Waals surface area contributed by atoms with E-state index in [0.29, 0.717) is 13.1 Å². The molecule has 0 amide bonds. The van der Waals surface area contributed by atoms with Crippen molar-refractivity contribution in [3.63, 3.8) is 0 Å². The second-order valence-corrected chi connectivity index (χ2v) is 4.65. The first kappa shape index (κ1) is 17.7. The van der Waals surface area contributed by atoms with Crippen LogP contribution in [0.5, 0.6) is 0 Å². The summed E-state index contributed by atoms with van der Waals surface area (Å²) in [5, 5.41) is 6.99. The van der Waals surface area contributed by atoms with Gasteiger partial charge in [0.15, 0.2) is 5.96 Å². The van der Waals surface area contributed by atoms with Crippen molar-refractivity contribution < 1.29 is 0 Å². The zero-order valence-electron chi connectivity index (χ0n) is 10.0. The zero-order valence-corrected chi connectivity index (χ0v) is 14.7. The summed E-state index contributed by atoms with van der Waals surface area (Å²) >= 11 is 9.49. The molecule has 0 saturated heterocycles. The molecule has 2 N–H and O–H groups in total. The van der Waals surface area contributed by atoms with Crippen LogP contribution in [0.1, 0.15) is 5.56 Å². The Balaban J connectivity index is 0.00000289. The smallest absolute Gasteiger partial charge is 0.191 e. The predicted molar refractivity (Wildman–Crippen MR) is 93.0 cm³/mol. The Morgan fingerprint density at radius 1 is 1.50 bits per heavy atom. The minimum absolute atomic E-state index is 0. The maximum absolute atomic E-state index is 6.11. The van der Waals surface area contributed by atoms with Crippen LogP contribution >= 0.6 is 51.5 Å². The van der Waals surface area contributed by atoms with Gasteiger partial charge >= 0.3 is 0 Å². The number of benzene rings is 1. The molecule has 1 rings (SSSR count). The topological polar surface area (TPSA) is 36.4 Å². The Kier molecular flexibility index (Phi) is 9.49. The van der Waals surface area contributed by atoms with Crippen LogP contribution in [0.3, 0.4) is 0 Å². The largest absolute Gasteiger partial charge is 0.353 e. The van der Waals surface area contributed by atoms with Gasteiger partial charge in [-0.1, -0.05) is 39.7 Å². The van der Waals surface area contributed by atoms with Crippen molar-refractivity contribution in [2.45, 2.75) is 6.54 Å². The normalized spacial score (nSPS) is 10.5. The van der Waals surface area contributed by atoms with Crippen LogP contribution in [-0.2, 0) is 6.54 Å². The van der Waals surface area contributed by atoms with E-state index in [1.54, 1.807) is 13.1 Å². The maximum Gasteiger partial charge on any atom is 0.191 e. The summed E-state index contributed by atoms with van der Waals surface area (Å²) in [7, 11) is 1.72. The van der Waals surface area contributed by atoms with Crippen molar-refractivity contribution >= 4 is 57.5 Å². The molecule has 0 bridgehead atoms. The van der Waals surface area contributed by atoms with Crippen molar-refractivity contribution in [3.05, 3.63) is 45.9 Å². The molecule has 0 spiro atoms. The van der Waals surface area contributed by atoms with E-state index in [1.807, 2.05) is 18.2 Å². The molecule has 0 fully saturated rings. The number of hydrogen-bond acceptors (Lipinski definition) is 1. The zero-order chi connectivity index (χ0) is 12.7. The van der Waals surface area contributed by atoms with E-state index in [4.69, 9.17) is 11.6 Å². The lowest BCUT2D eigenvalue weighted by molar-refractivity contribution is 0.847. The van der Waals surface area contributed by atoms with Crippen molar-refractivity contribution in [1.29, 1.82) is 0 Å². The van der Waals surface area contributed by atoms with Gasteiger partial charge in [0.2, 0.25) is 0 Å². The molecule has 1 aromatic carbocycles. The Morgan fingerprint density at radius 3 is 2.78 bits per heavy atom. The standard InChI is InChI=1S/C12H15BrClN3.HI/c1-3-6-16-12(15-2)17-8-9-4-5-10(13)7-11(9)14;/h3-5,7H,1,6,8H2,2H3,(H2,15,16,17);1H. The molecule has 0 unspecified atom stereocenters. The van der Waals surface area contributed by atoms with E-state index in [9.17, 15) is 0 Å². The molecule has 0 aliphatic heterocycles. The fourth-order valence-electron chi connectivity index (χ4n) is 1.23. The highest BCUT2D eigenvalue weighted by atomic mass is 127. The highest BCUT2D eigenvalue weighted by Gasteiger charge is 2.02. The molecule has 0 aromatic heterocycles. The summed E-state index contributed by atoms with van der Waals surface area (Å²) in [6.45, 7) is 4.94. The van der Waals surface area contributed by atoms with Gasteiger partial charge in [-0.05, 0) is 17.7 Å². The Hall–Kier alpha value is -0.270. The molecule has 1 aromatic rings. The summed E-state index contributed by atoms with van der Waals surface area (Å²) in [6.07, 6.45) is 1.78. The quantitative estimate of drug-likeness (QED) is 0.322. The van der Waals surface area contributed by atoms with Crippen molar-refractivity contribution in [3.8, 4) is 0 Å². The maximum atomic E-state index is 6.11. The van der Waals surface area contributed by atoms with Crippen LogP contribution in [0.2, 0.25) is 5.02 Å².